The third-order valence-electron chi connectivity index (χ3n) is 5.05. The van der Waals surface area contributed by atoms with E-state index in [9.17, 15) is 13.2 Å². The maximum atomic E-state index is 12.4. The predicted octanol–water partition coefficient (Wildman–Crippen LogP) is 1.28. The van der Waals surface area contributed by atoms with Gasteiger partial charge in [-0.1, -0.05) is 0 Å². The van der Waals surface area contributed by atoms with E-state index in [1.165, 1.54) is 0 Å². The molecule has 0 radical (unpaired) electrons. The van der Waals surface area contributed by atoms with Crippen molar-refractivity contribution in [1.29, 1.82) is 0 Å². The number of amides is 1. The van der Waals surface area contributed by atoms with E-state index >= 15 is 0 Å². The molecule has 2 saturated heterocycles. The molecule has 3 rings (SSSR count). The van der Waals surface area contributed by atoms with Gasteiger partial charge in [0.1, 0.15) is 0 Å². The SMILES string of the molecule is Cc1nc(C)c(CNC(=O)C2CCN([C@@H]3CCS(=O)(=O)C3)CC2)s1. The zero-order valence-corrected chi connectivity index (χ0v) is 15.9. The Balaban J connectivity index is 1.46. The predicted molar refractivity (Wildman–Crippen MR) is 94.8 cm³/mol. The minimum absolute atomic E-state index is 0.0357. The molecular formula is C16H25N3O3S2. The molecule has 0 saturated carbocycles. The molecule has 1 aromatic heterocycles. The summed E-state index contributed by atoms with van der Waals surface area (Å²) in [5.74, 6) is 0.743. The molecule has 0 aromatic carbocycles. The molecule has 24 heavy (non-hydrogen) atoms. The van der Waals surface area contributed by atoms with Crippen LogP contribution >= 0.6 is 11.3 Å². The Kier molecular flexibility index (Phi) is 5.27. The first kappa shape index (κ1) is 17.8. The molecule has 8 heteroatoms. The molecule has 2 fully saturated rings. The second kappa shape index (κ2) is 7.09. The van der Waals surface area contributed by atoms with E-state index in [1.807, 2.05) is 13.8 Å². The number of thiazole rings is 1. The Labute approximate surface area is 147 Å². The Morgan fingerprint density at radius 3 is 2.54 bits per heavy atom. The molecule has 1 aromatic rings. The number of nitrogens with one attached hydrogen (secondary N) is 1. The van der Waals surface area contributed by atoms with Crippen molar-refractivity contribution >= 4 is 27.1 Å². The summed E-state index contributed by atoms with van der Waals surface area (Å²) in [6.07, 6.45) is 2.36. The van der Waals surface area contributed by atoms with Crippen LogP contribution in [0.25, 0.3) is 0 Å². The highest BCUT2D eigenvalue weighted by Crippen LogP contribution is 2.25. The fraction of sp³-hybridized carbons (Fsp3) is 0.750. The Hall–Kier alpha value is -0.990. The van der Waals surface area contributed by atoms with Gasteiger partial charge < -0.3 is 5.32 Å². The quantitative estimate of drug-likeness (QED) is 0.862. The van der Waals surface area contributed by atoms with E-state index in [2.05, 4.69) is 15.2 Å². The van der Waals surface area contributed by atoms with Crippen LogP contribution in [0.3, 0.4) is 0 Å². The van der Waals surface area contributed by atoms with Crippen molar-refractivity contribution in [2.24, 2.45) is 5.92 Å². The maximum Gasteiger partial charge on any atom is 0.223 e. The van der Waals surface area contributed by atoms with Gasteiger partial charge in [-0.2, -0.15) is 0 Å². The van der Waals surface area contributed by atoms with Crippen LogP contribution < -0.4 is 5.32 Å². The Morgan fingerprint density at radius 1 is 1.29 bits per heavy atom. The van der Waals surface area contributed by atoms with Crippen LogP contribution in [0.15, 0.2) is 0 Å². The van der Waals surface area contributed by atoms with Gasteiger partial charge in [-0.05, 0) is 46.2 Å². The van der Waals surface area contributed by atoms with E-state index < -0.39 is 9.84 Å². The number of sulfone groups is 1. The van der Waals surface area contributed by atoms with Crippen molar-refractivity contribution in [3.63, 3.8) is 0 Å². The van der Waals surface area contributed by atoms with Crippen molar-refractivity contribution < 1.29 is 13.2 Å². The number of hydrogen-bond donors (Lipinski definition) is 1. The van der Waals surface area contributed by atoms with Gasteiger partial charge in [0.25, 0.3) is 0 Å². The number of likely N-dealkylation sites (tertiary alicyclic amines) is 1. The minimum atomic E-state index is -2.84. The number of aromatic nitrogens is 1. The van der Waals surface area contributed by atoms with Gasteiger partial charge in [-0.15, -0.1) is 11.3 Å². The lowest BCUT2D eigenvalue weighted by Gasteiger charge is -2.34. The van der Waals surface area contributed by atoms with Crippen LogP contribution in [0.2, 0.25) is 0 Å². The molecule has 0 aliphatic carbocycles. The molecule has 6 nitrogen and oxygen atoms in total. The lowest BCUT2D eigenvalue weighted by Crippen LogP contribution is -2.45. The summed E-state index contributed by atoms with van der Waals surface area (Å²) in [5, 5.41) is 4.06. The smallest absolute Gasteiger partial charge is 0.223 e. The molecule has 3 heterocycles. The first-order valence-corrected chi connectivity index (χ1v) is 11.1. The number of piperidine rings is 1. The summed E-state index contributed by atoms with van der Waals surface area (Å²) >= 11 is 1.63. The highest BCUT2D eigenvalue weighted by molar-refractivity contribution is 7.91. The van der Waals surface area contributed by atoms with E-state index in [1.54, 1.807) is 11.3 Å². The second-order valence-corrected chi connectivity index (χ2v) is 10.3. The number of rotatable bonds is 4. The average molecular weight is 372 g/mol. The van der Waals surface area contributed by atoms with Gasteiger partial charge >= 0.3 is 0 Å². The lowest BCUT2D eigenvalue weighted by molar-refractivity contribution is -0.126. The molecular weight excluding hydrogens is 346 g/mol. The molecule has 0 spiro atoms. The van der Waals surface area contributed by atoms with Gasteiger partial charge in [0.15, 0.2) is 9.84 Å². The number of aryl methyl sites for hydroxylation is 2. The molecule has 0 bridgehead atoms. The Morgan fingerprint density at radius 2 is 2.00 bits per heavy atom. The monoisotopic (exact) mass is 371 g/mol. The molecule has 2 aliphatic rings. The maximum absolute atomic E-state index is 12.4. The van der Waals surface area contributed by atoms with E-state index in [-0.39, 0.29) is 23.6 Å². The van der Waals surface area contributed by atoms with Gasteiger partial charge in [0, 0.05) is 16.8 Å². The van der Waals surface area contributed by atoms with Crippen molar-refractivity contribution in [2.75, 3.05) is 24.6 Å². The molecule has 0 unspecified atom stereocenters. The number of nitrogens with zero attached hydrogens (tertiary/aromatic N) is 2. The summed E-state index contributed by atoms with van der Waals surface area (Å²) in [6, 6.07) is 0.154. The zero-order chi connectivity index (χ0) is 17.3. The summed E-state index contributed by atoms with van der Waals surface area (Å²) in [5.41, 5.74) is 0.995. The molecule has 2 aliphatic heterocycles. The van der Waals surface area contributed by atoms with Crippen molar-refractivity contribution in [2.45, 2.75) is 45.7 Å². The highest BCUT2D eigenvalue weighted by Gasteiger charge is 2.35. The lowest BCUT2D eigenvalue weighted by atomic mass is 9.94. The third kappa shape index (κ3) is 4.15. The first-order valence-electron chi connectivity index (χ1n) is 8.49. The number of carbonyl (C=O) groups is 1. The molecule has 134 valence electrons. The molecule has 1 atom stereocenters. The summed E-state index contributed by atoms with van der Waals surface area (Å²) < 4.78 is 23.2. The minimum Gasteiger partial charge on any atom is -0.351 e. The van der Waals surface area contributed by atoms with Crippen LogP contribution in [0.4, 0.5) is 0 Å². The summed E-state index contributed by atoms with van der Waals surface area (Å²) in [4.78, 5) is 20.1. The molecule has 1 amide bonds. The zero-order valence-electron chi connectivity index (χ0n) is 14.2. The van der Waals surface area contributed by atoms with Gasteiger partial charge in [0.2, 0.25) is 5.91 Å². The summed E-state index contributed by atoms with van der Waals surface area (Å²) in [6.45, 7) is 6.13. The van der Waals surface area contributed by atoms with Crippen molar-refractivity contribution in [1.82, 2.24) is 15.2 Å². The normalized spacial score (nSPS) is 25.0. The van der Waals surface area contributed by atoms with Crippen LogP contribution in [-0.2, 0) is 21.2 Å². The standard InChI is InChI=1S/C16H25N3O3S2/c1-11-15(23-12(2)18-11)9-17-16(20)13-3-6-19(7-4-13)14-5-8-24(21,22)10-14/h13-14H,3-10H2,1-2H3,(H,17,20)/t14-/m1/s1. The van der Waals surface area contributed by atoms with Crippen molar-refractivity contribution in [3.05, 3.63) is 15.6 Å². The number of carbonyl (C=O) groups excluding carboxylic acids is 1. The van der Waals surface area contributed by atoms with Gasteiger partial charge in [-0.25, -0.2) is 13.4 Å². The van der Waals surface area contributed by atoms with Gasteiger partial charge in [0.05, 0.1) is 28.8 Å². The topological polar surface area (TPSA) is 79.4 Å². The fourth-order valence-electron chi connectivity index (χ4n) is 3.64. The van der Waals surface area contributed by atoms with Gasteiger partial charge in [-0.3, -0.25) is 9.69 Å². The Bertz CT molecular complexity index is 706. The first-order chi connectivity index (χ1) is 11.3. The summed E-state index contributed by atoms with van der Waals surface area (Å²) in [7, 11) is -2.84. The van der Waals surface area contributed by atoms with E-state index in [0.717, 1.165) is 47.9 Å². The highest BCUT2D eigenvalue weighted by atomic mass is 32.2. The third-order valence-corrected chi connectivity index (χ3v) is 7.87. The molecule has 1 N–H and O–H groups in total. The van der Waals surface area contributed by atoms with Crippen LogP contribution in [0.1, 0.15) is 34.8 Å². The van der Waals surface area contributed by atoms with Crippen LogP contribution in [-0.4, -0.2) is 54.8 Å². The van der Waals surface area contributed by atoms with Crippen LogP contribution in [0.5, 0.6) is 0 Å². The van der Waals surface area contributed by atoms with Crippen LogP contribution in [0, 0.1) is 19.8 Å². The van der Waals surface area contributed by atoms with E-state index in [0.29, 0.717) is 12.3 Å². The largest absolute Gasteiger partial charge is 0.351 e. The van der Waals surface area contributed by atoms with Crippen molar-refractivity contribution in [3.8, 4) is 0 Å². The fourth-order valence-corrected chi connectivity index (χ4v) is 6.28. The van der Waals surface area contributed by atoms with E-state index in [4.69, 9.17) is 0 Å². The number of hydrogen-bond acceptors (Lipinski definition) is 6. The average Bonchev–Trinajstić information content (AvgIpc) is 3.06. The second-order valence-electron chi connectivity index (χ2n) is 6.83.